The van der Waals surface area contributed by atoms with E-state index in [1.54, 1.807) is 17.0 Å². The first-order valence-corrected chi connectivity index (χ1v) is 8.57. The number of amides is 3. The van der Waals surface area contributed by atoms with Crippen LogP contribution in [0.2, 0.25) is 0 Å². The molecule has 2 atom stereocenters. The highest BCUT2D eigenvalue weighted by molar-refractivity contribution is 5.97. The lowest BCUT2D eigenvalue weighted by Crippen LogP contribution is -2.36. The summed E-state index contributed by atoms with van der Waals surface area (Å²) < 4.78 is 0. The molecule has 1 heterocycles. The van der Waals surface area contributed by atoms with Gasteiger partial charge in [0.15, 0.2) is 0 Å². The molecular weight excluding hydrogens is 314 g/mol. The second-order valence-electron chi connectivity index (χ2n) is 6.39. The van der Waals surface area contributed by atoms with Crippen LogP contribution >= 0.6 is 0 Å². The van der Waals surface area contributed by atoms with Crippen LogP contribution in [-0.4, -0.2) is 31.1 Å². The molecule has 0 aromatic heterocycles. The zero-order chi connectivity index (χ0) is 17.8. The third-order valence-electron chi connectivity index (χ3n) is 4.73. The third-order valence-corrected chi connectivity index (χ3v) is 4.73. The van der Waals surface area contributed by atoms with E-state index in [-0.39, 0.29) is 23.9 Å². The van der Waals surface area contributed by atoms with E-state index in [0.29, 0.717) is 18.7 Å². The minimum Gasteiger partial charge on any atom is -0.349 e. The Morgan fingerprint density at radius 2 is 1.76 bits per heavy atom. The zero-order valence-electron chi connectivity index (χ0n) is 14.5. The first-order chi connectivity index (χ1) is 12.1. The number of nitrogens with one attached hydrogen (secondary N) is 2. The molecule has 0 bridgehead atoms. The molecule has 1 fully saturated rings. The summed E-state index contributed by atoms with van der Waals surface area (Å²) in [6, 6.07) is 17.2. The summed E-state index contributed by atoms with van der Waals surface area (Å²) in [5, 5.41) is 5.83. The summed E-state index contributed by atoms with van der Waals surface area (Å²) >= 11 is 0. The lowest BCUT2D eigenvalue weighted by atomic mass is 9.94. The Bertz CT molecular complexity index is 743. The fourth-order valence-corrected chi connectivity index (χ4v) is 2.97. The van der Waals surface area contributed by atoms with Crippen molar-refractivity contribution in [2.45, 2.75) is 25.8 Å². The van der Waals surface area contributed by atoms with E-state index in [2.05, 4.69) is 29.7 Å². The predicted molar refractivity (Wildman–Crippen MR) is 99.0 cm³/mol. The zero-order valence-corrected chi connectivity index (χ0v) is 14.5. The smallest absolute Gasteiger partial charge is 0.321 e. The van der Waals surface area contributed by atoms with E-state index in [4.69, 9.17) is 0 Å². The van der Waals surface area contributed by atoms with Crippen molar-refractivity contribution in [3.8, 4) is 0 Å². The molecule has 2 N–H and O–H groups in total. The molecule has 0 aliphatic carbocycles. The third kappa shape index (κ3) is 3.82. The Balaban J connectivity index is 1.64. The fourth-order valence-electron chi connectivity index (χ4n) is 2.97. The summed E-state index contributed by atoms with van der Waals surface area (Å²) in [5.74, 6) is 0.116. The van der Waals surface area contributed by atoms with Crippen LogP contribution in [0.4, 0.5) is 10.5 Å². The molecule has 0 radical (unpaired) electrons. The van der Waals surface area contributed by atoms with Crippen molar-refractivity contribution >= 4 is 17.6 Å². The van der Waals surface area contributed by atoms with Gasteiger partial charge in [0.25, 0.3) is 5.91 Å². The maximum Gasteiger partial charge on any atom is 0.321 e. The van der Waals surface area contributed by atoms with Gasteiger partial charge in [0, 0.05) is 36.3 Å². The number of hydrogen-bond donors (Lipinski definition) is 2. The number of benzene rings is 2. The van der Waals surface area contributed by atoms with Gasteiger partial charge in [0.1, 0.15) is 0 Å². The van der Waals surface area contributed by atoms with Crippen LogP contribution in [0.15, 0.2) is 54.6 Å². The van der Waals surface area contributed by atoms with Gasteiger partial charge in [-0.25, -0.2) is 4.79 Å². The number of anilines is 1. The molecule has 1 saturated heterocycles. The van der Waals surface area contributed by atoms with Crippen molar-refractivity contribution in [2.24, 2.45) is 0 Å². The summed E-state index contributed by atoms with van der Waals surface area (Å²) in [4.78, 5) is 25.8. The van der Waals surface area contributed by atoms with Gasteiger partial charge in [-0.05, 0) is 36.8 Å². The van der Waals surface area contributed by atoms with Gasteiger partial charge in [-0.3, -0.25) is 9.69 Å². The lowest BCUT2D eigenvalue weighted by molar-refractivity contribution is 0.0935. The van der Waals surface area contributed by atoms with Crippen molar-refractivity contribution in [3.63, 3.8) is 0 Å². The molecule has 3 amide bonds. The minimum atomic E-state index is -0.104. The van der Waals surface area contributed by atoms with Gasteiger partial charge in [-0.15, -0.1) is 0 Å². The molecule has 3 rings (SSSR count). The van der Waals surface area contributed by atoms with Crippen molar-refractivity contribution < 1.29 is 9.59 Å². The number of hydrogen-bond acceptors (Lipinski definition) is 2. The second-order valence-corrected chi connectivity index (χ2v) is 6.39. The van der Waals surface area contributed by atoms with Gasteiger partial charge in [-0.1, -0.05) is 37.3 Å². The largest absolute Gasteiger partial charge is 0.349 e. The first-order valence-electron chi connectivity index (χ1n) is 8.57. The maximum absolute atomic E-state index is 12.5. The van der Waals surface area contributed by atoms with E-state index in [1.165, 1.54) is 5.56 Å². The van der Waals surface area contributed by atoms with E-state index >= 15 is 0 Å². The summed E-state index contributed by atoms with van der Waals surface area (Å²) in [6.45, 7) is 5.42. The van der Waals surface area contributed by atoms with E-state index in [9.17, 15) is 9.59 Å². The van der Waals surface area contributed by atoms with Crippen molar-refractivity contribution in [2.75, 3.05) is 18.0 Å². The molecule has 5 heteroatoms. The standard InChI is InChI=1S/C20H23N3O2/c1-14(16-6-4-3-5-7-16)15(2)22-19(24)17-8-10-18(11-9-17)23-13-12-21-20(23)25/h3-11,14-15H,12-13H2,1-2H3,(H,21,25)(H,22,24)/t14-,15+/m0/s1. The molecule has 0 saturated carbocycles. The number of carbonyl (C=O) groups is 2. The molecule has 25 heavy (non-hydrogen) atoms. The average molecular weight is 337 g/mol. The highest BCUT2D eigenvalue weighted by Crippen LogP contribution is 2.20. The molecule has 0 spiro atoms. The molecule has 130 valence electrons. The molecule has 0 unspecified atom stereocenters. The first kappa shape index (κ1) is 17.0. The van der Waals surface area contributed by atoms with Crippen molar-refractivity contribution in [3.05, 3.63) is 65.7 Å². The van der Waals surface area contributed by atoms with Crippen LogP contribution in [0.1, 0.15) is 35.7 Å². The normalized spacial score (nSPS) is 16.2. The molecule has 5 nitrogen and oxygen atoms in total. The lowest BCUT2D eigenvalue weighted by Gasteiger charge is -2.22. The van der Waals surface area contributed by atoms with E-state index in [1.807, 2.05) is 37.3 Å². The molecular formula is C20H23N3O2. The van der Waals surface area contributed by atoms with Gasteiger partial charge >= 0.3 is 6.03 Å². The molecule has 1 aliphatic rings. The van der Waals surface area contributed by atoms with Gasteiger partial charge in [-0.2, -0.15) is 0 Å². The van der Waals surface area contributed by atoms with Gasteiger partial charge in [0.05, 0.1) is 0 Å². The monoisotopic (exact) mass is 337 g/mol. The highest BCUT2D eigenvalue weighted by atomic mass is 16.2. The number of nitrogens with zero attached hydrogens (tertiary/aromatic N) is 1. The SMILES string of the molecule is C[C@H](c1ccccc1)[C@@H](C)NC(=O)c1ccc(N2CCNC2=O)cc1. The van der Waals surface area contributed by atoms with E-state index < -0.39 is 0 Å². The summed E-state index contributed by atoms with van der Waals surface area (Å²) in [6.07, 6.45) is 0. The van der Waals surface area contributed by atoms with Crippen LogP contribution in [0, 0.1) is 0 Å². The maximum atomic E-state index is 12.5. The number of urea groups is 1. The number of carbonyl (C=O) groups excluding carboxylic acids is 2. The Kier molecular flexibility index (Phi) is 5.03. The molecule has 2 aromatic carbocycles. The van der Waals surface area contributed by atoms with Crippen LogP contribution < -0.4 is 15.5 Å². The molecule has 2 aromatic rings. The van der Waals surface area contributed by atoms with Gasteiger partial charge in [0.2, 0.25) is 0 Å². The summed E-state index contributed by atoms with van der Waals surface area (Å²) in [7, 11) is 0. The van der Waals surface area contributed by atoms with Crippen molar-refractivity contribution in [1.29, 1.82) is 0 Å². The quantitative estimate of drug-likeness (QED) is 0.880. The fraction of sp³-hybridized carbons (Fsp3) is 0.300. The van der Waals surface area contributed by atoms with Crippen LogP contribution in [0.25, 0.3) is 0 Å². The Labute approximate surface area is 148 Å². The second kappa shape index (κ2) is 7.38. The minimum absolute atomic E-state index is 0.0129. The van der Waals surface area contributed by atoms with E-state index in [0.717, 1.165) is 5.69 Å². The number of rotatable bonds is 5. The summed E-state index contributed by atoms with van der Waals surface area (Å²) in [5.41, 5.74) is 2.60. The van der Waals surface area contributed by atoms with Crippen LogP contribution in [-0.2, 0) is 0 Å². The molecule has 1 aliphatic heterocycles. The predicted octanol–water partition coefficient (Wildman–Crippen LogP) is 3.14. The average Bonchev–Trinajstić information content (AvgIpc) is 3.07. The van der Waals surface area contributed by atoms with Crippen LogP contribution in [0.3, 0.4) is 0 Å². The Hall–Kier alpha value is -2.82. The highest BCUT2D eigenvalue weighted by Gasteiger charge is 2.21. The Morgan fingerprint density at radius 1 is 1.08 bits per heavy atom. The van der Waals surface area contributed by atoms with Crippen molar-refractivity contribution in [1.82, 2.24) is 10.6 Å². The Morgan fingerprint density at radius 3 is 2.36 bits per heavy atom. The van der Waals surface area contributed by atoms with Crippen LogP contribution in [0.5, 0.6) is 0 Å². The van der Waals surface area contributed by atoms with Gasteiger partial charge < -0.3 is 10.6 Å². The topological polar surface area (TPSA) is 61.4 Å².